The topological polar surface area (TPSA) is 74.9 Å². The third-order valence-corrected chi connectivity index (χ3v) is 3.56. The number of pyridine rings is 1. The Morgan fingerprint density at radius 2 is 2.13 bits per heavy atom. The largest absolute Gasteiger partial charge is 0.475 e. The third kappa shape index (κ3) is 3.95. The fourth-order valence-electron chi connectivity index (χ4n) is 2.37. The second-order valence-electron chi connectivity index (χ2n) is 5.92. The van der Waals surface area contributed by atoms with Crippen LogP contribution in [0.4, 0.5) is 5.82 Å². The van der Waals surface area contributed by atoms with Crippen LogP contribution in [0.25, 0.3) is 0 Å². The summed E-state index contributed by atoms with van der Waals surface area (Å²) in [6.45, 7) is 4.69. The van der Waals surface area contributed by atoms with Crippen LogP contribution >= 0.6 is 0 Å². The maximum Gasteiger partial charge on any atom is 0.213 e. The normalized spacial score (nSPS) is 13.7. The number of ether oxygens (including phenoxy) is 1. The van der Waals surface area contributed by atoms with E-state index in [-0.39, 0.29) is 6.10 Å². The van der Waals surface area contributed by atoms with Gasteiger partial charge < -0.3 is 9.64 Å². The molecule has 2 aromatic heterocycles. The zero-order valence-electron chi connectivity index (χ0n) is 13.3. The lowest BCUT2D eigenvalue weighted by Crippen LogP contribution is -2.26. The molecule has 6 heteroatoms. The molecule has 3 rings (SSSR count). The number of rotatable bonds is 6. The monoisotopic (exact) mass is 309 g/mol. The molecule has 2 aromatic rings. The fourth-order valence-corrected chi connectivity index (χ4v) is 2.37. The van der Waals surface area contributed by atoms with Gasteiger partial charge in [-0.15, -0.1) is 10.2 Å². The van der Waals surface area contributed by atoms with Gasteiger partial charge in [-0.2, -0.15) is 5.26 Å². The lowest BCUT2D eigenvalue weighted by molar-refractivity contribution is 0.232. The molecule has 1 saturated carbocycles. The predicted molar refractivity (Wildman–Crippen MR) is 86.0 cm³/mol. The summed E-state index contributed by atoms with van der Waals surface area (Å²) in [5.74, 6) is 1.44. The Bertz CT molecular complexity index is 704. The van der Waals surface area contributed by atoms with Crippen LogP contribution in [0.3, 0.4) is 0 Å². The maximum absolute atomic E-state index is 8.84. The second-order valence-corrected chi connectivity index (χ2v) is 5.92. The molecular formula is C17H19N5O. The van der Waals surface area contributed by atoms with Gasteiger partial charge in [0.05, 0.1) is 6.10 Å². The number of nitrogens with zero attached hydrogens (tertiary/aromatic N) is 5. The summed E-state index contributed by atoms with van der Waals surface area (Å²) in [6.07, 6.45) is 4.17. The average molecular weight is 309 g/mol. The second kappa shape index (κ2) is 6.61. The molecule has 23 heavy (non-hydrogen) atoms. The molecule has 118 valence electrons. The molecule has 0 amide bonds. The summed E-state index contributed by atoms with van der Waals surface area (Å²) in [6, 6.07) is 10.00. The molecule has 6 nitrogen and oxygen atoms in total. The first-order valence-electron chi connectivity index (χ1n) is 7.78. The Balaban J connectivity index is 1.78. The molecule has 0 unspecified atom stereocenters. The van der Waals surface area contributed by atoms with Crippen LogP contribution in [0.5, 0.6) is 5.88 Å². The number of hydrogen-bond donors (Lipinski definition) is 0. The van der Waals surface area contributed by atoms with Gasteiger partial charge in [0.15, 0.2) is 11.5 Å². The van der Waals surface area contributed by atoms with E-state index in [4.69, 9.17) is 10.00 Å². The molecule has 0 radical (unpaired) electrons. The smallest absolute Gasteiger partial charge is 0.213 e. The highest BCUT2D eigenvalue weighted by atomic mass is 16.5. The van der Waals surface area contributed by atoms with Gasteiger partial charge in [0.1, 0.15) is 6.07 Å². The molecule has 1 aliphatic carbocycles. The fraction of sp³-hybridized carbons (Fsp3) is 0.412. The molecule has 0 saturated heterocycles. The Labute approximate surface area is 135 Å². The van der Waals surface area contributed by atoms with Crippen LogP contribution in [0.15, 0.2) is 30.5 Å². The van der Waals surface area contributed by atoms with E-state index in [1.54, 1.807) is 12.3 Å². The summed E-state index contributed by atoms with van der Waals surface area (Å²) in [5.41, 5.74) is 1.45. The summed E-state index contributed by atoms with van der Waals surface area (Å²) in [7, 11) is 0. The molecule has 0 aromatic carbocycles. The van der Waals surface area contributed by atoms with Gasteiger partial charge in [-0.25, -0.2) is 4.98 Å². The highest BCUT2D eigenvalue weighted by molar-refractivity contribution is 5.43. The van der Waals surface area contributed by atoms with E-state index in [1.165, 1.54) is 0 Å². The van der Waals surface area contributed by atoms with Gasteiger partial charge in [-0.05, 0) is 50.5 Å². The van der Waals surface area contributed by atoms with Gasteiger partial charge in [0, 0.05) is 24.8 Å². The number of nitriles is 1. The van der Waals surface area contributed by atoms with Gasteiger partial charge in [0.2, 0.25) is 5.88 Å². The Kier molecular flexibility index (Phi) is 4.38. The van der Waals surface area contributed by atoms with Gasteiger partial charge in [-0.1, -0.05) is 0 Å². The lowest BCUT2D eigenvalue weighted by Gasteiger charge is -2.23. The summed E-state index contributed by atoms with van der Waals surface area (Å²) in [5, 5.41) is 17.0. The standard InChI is InChI=1S/C17H19N5O/c1-12(2)23-17-9-13(7-8-19-17)11-22(15-4-5-15)16-6-3-14(10-18)20-21-16/h3,6-9,12,15H,4-5,11H2,1-2H3. The minimum absolute atomic E-state index is 0.0988. The van der Waals surface area contributed by atoms with Crippen molar-refractivity contribution in [3.8, 4) is 11.9 Å². The van der Waals surface area contributed by atoms with Gasteiger partial charge in [0.25, 0.3) is 0 Å². The predicted octanol–water partition coefficient (Wildman–Crippen LogP) is 2.70. The van der Waals surface area contributed by atoms with Crippen molar-refractivity contribution in [3.05, 3.63) is 41.7 Å². The summed E-state index contributed by atoms with van der Waals surface area (Å²) < 4.78 is 5.65. The van der Waals surface area contributed by atoms with E-state index in [2.05, 4.69) is 20.1 Å². The molecule has 0 spiro atoms. The van der Waals surface area contributed by atoms with Crippen molar-refractivity contribution in [3.63, 3.8) is 0 Å². The van der Waals surface area contributed by atoms with Crippen molar-refractivity contribution in [2.24, 2.45) is 0 Å². The average Bonchev–Trinajstić information content (AvgIpc) is 3.37. The van der Waals surface area contributed by atoms with E-state index in [0.717, 1.165) is 30.8 Å². The number of anilines is 1. The third-order valence-electron chi connectivity index (χ3n) is 3.56. The van der Waals surface area contributed by atoms with Crippen LogP contribution in [0.2, 0.25) is 0 Å². The first-order valence-corrected chi connectivity index (χ1v) is 7.78. The minimum Gasteiger partial charge on any atom is -0.475 e. The molecule has 1 fully saturated rings. The highest BCUT2D eigenvalue weighted by Crippen LogP contribution is 2.32. The zero-order chi connectivity index (χ0) is 16.2. The molecular weight excluding hydrogens is 290 g/mol. The molecule has 1 aliphatic rings. The Morgan fingerprint density at radius 1 is 1.30 bits per heavy atom. The summed E-state index contributed by atoms with van der Waals surface area (Å²) in [4.78, 5) is 6.46. The molecule has 0 atom stereocenters. The van der Waals surface area contributed by atoms with E-state index >= 15 is 0 Å². The highest BCUT2D eigenvalue weighted by Gasteiger charge is 2.30. The van der Waals surface area contributed by atoms with Crippen molar-refractivity contribution < 1.29 is 4.74 Å². The van der Waals surface area contributed by atoms with Crippen LogP contribution in [0, 0.1) is 11.3 Å². The lowest BCUT2D eigenvalue weighted by atomic mass is 10.2. The van der Waals surface area contributed by atoms with Crippen LogP contribution in [0.1, 0.15) is 37.9 Å². The minimum atomic E-state index is 0.0988. The Hall–Kier alpha value is -2.68. The summed E-state index contributed by atoms with van der Waals surface area (Å²) >= 11 is 0. The van der Waals surface area contributed by atoms with Gasteiger partial charge in [-0.3, -0.25) is 0 Å². The first-order chi connectivity index (χ1) is 11.2. The maximum atomic E-state index is 8.84. The van der Waals surface area contributed by atoms with Crippen LogP contribution in [-0.2, 0) is 6.54 Å². The SMILES string of the molecule is CC(C)Oc1cc(CN(c2ccc(C#N)nn2)C2CC2)ccn1. The van der Waals surface area contributed by atoms with Crippen molar-refractivity contribution in [1.29, 1.82) is 5.26 Å². The molecule has 2 heterocycles. The first kappa shape index (κ1) is 15.2. The quantitative estimate of drug-likeness (QED) is 0.816. The van der Waals surface area contributed by atoms with E-state index in [9.17, 15) is 0 Å². The van der Waals surface area contributed by atoms with E-state index in [1.807, 2.05) is 38.1 Å². The Morgan fingerprint density at radius 3 is 2.74 bits per heavy atom. The van der Waals surface area contributed by atoms with E-state index < -0.39 is 0 Å². The van der Waals surface area contributed by atoms with Crippen molar-refractivity contribution >= 4 is 5.82 Å². The molecule has 0 aliphatic heterocycles. The molecule has 0 N–H and O–H groups in total. The van der Waals surface area contributed by atoms with Crippen LogP contribution in [-0.4, -0.2) is 27.3 Å². The molecule has 0 bridgehead atoms. The number of hydrogen-bond acceptors (Lipinski definition) is 6. The van der Waals surface area contributed by atoms with E-state index in [0.29, 0.717) is 17.6 Å². The van der Waals surface area contributed by atoms with Crippen molar-refractivity contribution in [2.75, 3.05) is 4.90 Å². The van der Waals surface area contributed by atoms with Crippen molar-refractivity contribution in [2.45, 2.75) is 45.4 Å². The van der Waals surface area contributed by atoms with Crippen LogP contribution < -0.4 is 9.64 Å². The number of aromatic nitrogens is 3. The van der Waals surface area contributed by atoms with Crippen molar-refractivity contribution in [1.82, 2.24) is 15.2 Å². The zero-order valence-corrected chi connectivity index (χ0v) is 13.3. The van der Waals surface area contributed by atoms with Gasteiger partial charge >= 0.3 is 0 Å².